The second-order valence-electron chi connectivity index (χ2n) is 4.42. The third kappa shape index (κ3) is 2.16. The highest BCUT2D eigenvalue weighted by atomic mass is 16.5. The molecule has 0 spiro atoms. The van der Waals surface area contributed by atoms with Crippen LogP contribution in [-0.4, -0.2) is 14.3 Å². The molecule has 0 fully saturated rings. The van der Waals surface area contributed by atoms with Crippen molar-refractivity contribution in [2.24, 2.45) is 0 Å². The molecule has 0 aliphatic rings. The largest absolute Gasteiger partial charge is 0.361 e. The first-order valence-electron chi connectivity index (χ1n) is 6.15. The minimum atomic E-state index is -0.595. The van der Waals surface area contributed by atoms with Crippen LogP contribution in [0.5, 0.6) is 0 Å². The first-order chi connectivity index (χ1) is 9.49. The minimum absolute atomic E-state index is 0.0500. The van der Waals surface area contributed by atoms with Gasteiger partial charge in [-0.15, -0.1) is 0 Å². The van der Waals surface area contributed by atoms with Gasteiger partial charge in [0.25, 0.3) is 5.56 Å². The van der Waals surface area contributed by atoms with E-state index in [1.54, 1.807) is 20.8 Å². The van der Waals surface area contributed by atoms with Crippen molar-refractivity contribution in [3.8, 4) is 6.07 Å². The summed E-state index contributed by atoms with van der Waals surface area (Å²) in [6.07, 6.45) is 1.29. The maximum Gasteiger partial charge on any atom is 0.331 e. The average molecular weight is 274 g/mol. The standard InChI is InChI=1S/C13H14N4O3/c1-4-16-6-10(5-14)12(18)17(13(16)19)7-11-8(2)15-20-9(11)3/h6H,4,7H2,1-3H3. The van der Waals surface area contributed by atoms with Crippen LogP contribution in [0.2, 0.25) is 0 Å². The van der Waals surface area contributed by atoms with E-state index in [2.05, 4.69) is 5.16 Å². The Morgan fingerprint density at radius 2 is 2.10 bits per heavy atom. The van der Waals surface area contributed by atoms with Gasteiger partial charge in [-0.05, 0) is 20.8 Å². The normalized spacial score (nSPS) is 10.5. The van der Waals surface area contributed by atoms with E-state index in [0.29, 0.717) is 23.6 Å². The molecule has 2 aromatic heterocycles. The monoisotopic (exact) mass is 274 g/mol. The van der Waals surface area contributed by atoms with Gasteiger partial charge in [-0.1, -0.05) is 5.16 Å². The molecule has 0 aliphatic heterocycles. The zero-order valence-corrected chi connectivity index (χ0v) is 11.5. The summed E-state index contributed by atoms with van der Waals surface area (Å²) in [5, 5.41) is 12.8. The van der Waals surface area contributed by atoms with E-state index < -0.39 is 11.2 Å². The molecule has 0 saturated heterocycles. The van der Waals surface area contributed by atoms with Crippen molar-refractivity contribution < 1.29 is 4.52 Å². The molecule has 2 heterocycles. The number of hydrogen-bond donors (Lipinski definition) is 0. The molecule has 7 heteroatoms. The third-order valence-electron chi connectivity index (χ3n) is 3.20. The lowest BCUT2D eigenvalue weighted by atomic mass is 10.2. The summed E-state index contributed by atoms with van der Waals surface area (Å²) < 4.78 is 7.39. The fourth-order valence-corrected chi connectivity index (χ4v) is 1.98. The molecule has 0 aliphatic carbocycles. The van der Waals surface area contributed by atoms with Gasteiger partial charge >= 0.3 is 5.69 Å². The summed E-state index contributed by atoms with van der Waals surface area (Å²) >= 11 is 0. The van der Waals surface area contributed by atoms with Crippen LogP contribution in [0.4, 0.5) is 0 Å². The molecule has 2 aromatic rings. The number of hydrogen-bond acceptors (Lipinski definition) is 5. The fraction of sp³-hybridized carbons (Fsp3) is 0.385. The second kappa shape index (κ2) is 5.17. The summed E-state index contributed by atoms with van der Waals surface area (Å²) in [5.74, 6) is 0.555. The van der Waals surface area contributed by atoms with E-state index >= 15 is 0 Å². The van der Waals surface area contributed by atoms with E-state index in [0.717, 1.165) is 4.57 Å². The highest BCUT2D eigenvalue weighted by Gasteiger charge is 2.15. The molecule has 7 nitrogen and oxygen atoms in total. The maximum atomic E-state index is 12.2. The smallest absolute Gasteiger partial charge is 0.331 e. The van der Waals surface area contributed by atoms with E-state index in [4.69, 9.17) is 9.78 Å². The van der Waals surface area contributed by atoms with Crippen LogP contribution in [0.3, 0.4) is 0 Å². The van der Waals surface area contributed by atoms with Crippen molar-refractivity contribution in [2.75, 3.05) is 0 Å². The number of aromatic nitrogens is 3. The molecule has 0 amide bonds. The lowest BCUT2D eigenvalue weighted by molar-refractivity contribution is 0.391. The van der Waals surface area contributed by atoms with Crippen molar-refractivity contribution in [3.05, 3.63) is 49.6 Å². The van der Waals surface area contributed by atoms with Gasteiger partial charge in [-0.3, -0.25) is 13.9 Å². The van der Waals surface area contributed by atoms with Gasteiger partial charge in [-0.2, -0.15) is 5.26 Å². The van der Waals surface area contributed by atoms with Crippen molar-refractivity contribution in [3.63, 3.8) is 0 Å². The topological polar surface area (TPSA) is 93.8 Å². The summed E-state index contributed by atoms with van der Waals surface area (Å²) in [5.41, 5.74) is 0.207. The Balaban J connectivity index is 2.66. The first kappa shape index (κ1) is 13.8. The predicted octanol–water partition coefficient (Wildman–Crippen LogP) is 0.555. The number of nitrogens with zero attached hydrogens (tertiary/aromatic N) is 4. The third-order valence-corrected chi connectivity index (χ3v) is 3.20. The van der Waals surface area contributed by atoms with E-state index in [-0.39, 0.29) is 12.1 Å². The molecule has 0 aromatic carbocycles. The van der Waals surface area contributed by atoms with E-state index in [9.17, 15) is 9.59 Å². The molecule has 104 valence electrons. The van der Waals surface area contributed by atoms with Gasteiger partial charge in [0.15, 0.2) is 0 Å². The number of nitriles is 1. The maximum absolute atomic E-state index is 12.2. The van der Waals surface area contributed by atoms with E-state index in [1.165, 1.54) is 10.8 Å². The van der Waals surface area contributed by atoms with Gasteiger partial charge < -0.3 is 4.52 Å². The van der Waals surface area contributed by atoms with Crippen molar-refractivity contribution in [2.45, 2.75) is 33.9 Å². The molecule has 0 radical (unpaired) electrons. The quantitative estimate of drug-likeness (QED) is 0.814. The van der Waals surface area contributed by atoms with Gasteiger partial charge in [0.05, 0.1) is 12.2 Å². The molecule has 0 atom stereocenters. The Labute approximate surface area is 114 Å². The lowest BCUT2D eigenvalue weighted by Crippen LogP contribution is -2.41. The highest BCUT2D eigenvalue weighted by Crippen LogP contribution is 2.12. The highest BCUT2D eigenvalue weighted by molar-refractivity contribution is 5.25. The van der Waals surface area contributed by atoms with Crippen LogP contribution >= 0.6 is 0 Å². The summed E-state index contributed by atoms with van der Waals surface area (Å²) in [7, 11) is 0. The molecule has 2 rings (SSSR count). The zero-order valence-electron chi connectivity index (χ0n) is 11.5. The number of aryl methyl sites for hydroxylation is 3. The minimum Gasteiger partial charge on any atom is -0.361 e. The van der Waals surface area contributed by atoms with Gasteiger partial charge in [0, 0.05) is 18.3 Å². The first-order valence-corrected chi connectivity index (χ1v) is 6.15. The summed E-state index contributed by atoms with van der Waals surface area (Å²) in [6, 6.07) is 1.81. The molecule has 0 saturated carbocycles. The number of rotatable bonds is 3. The fourth-order valence-electron chi connectivity index (χ4n) is 1.98. The van der Waals surface area contributed by atoms with Crippen molar-refractivity contribution in [1.82, 2.24) is 14.3 Å². The molecular formula is C13H14N4O3. The predicted molar refractivity (Wildman–Crippen MR) is 70.4 cm³/mol. The average Bonchev–Trinajstić information content (AvgIpc) is 2.75. The Kier molecular flexibility index (Phi) is 3.57. The van der Waals surface area contributed by atoms with Crippen LogP contribution in [0.15, 0.2) is 20.3 Å². The Bertz CT molecular complexity index is 785. The van der Waals surface area contributed by atoms with Crippen molar-refractivity contribution >= 4 is 0 Å². The van der Waals surface area contributed by atoms with Crippen LogP contribution in [0.25, 0.3) is 0 Å². The zero-order chi connectivity index (χ0) is 14.9. The van der Waals surface area contributed by atoms with Crippen LogP contribution < -0.4 is 11.2 Å². The lowest BCUT2D eigenvalue weighted by Gasteiger charge is -2.09. The second-order valence-corrected chi connectivity index (χ2v) is 4.42. The Hall–Kier alpha value is -2.62. The SMILES string of the molecule is CCn1cc(C#N)c(=O)n(Cc2c(C)noc2C)c1=O. The molecule has 0 unspecified atom stereocenters. The molecule has 0 bridgehead atoms. The van der Waals surface area contributed by atoms with Crippen LogP contribution in [0, 0.1) is 25.2 Å². The Morgan fingerprint density at radius 1 is 1.40 bits per heavy atom. The van der Waals surface area contributed by atoms with E-state index in [1.807, 2.05) is 6.07 Å². The van der Waals surface area contributed by atoms with Crippen LogP contribution in [-0.2, 0) is 13.1 Å². The van der Waals surface area contributed by atoms with Gasteiger partial charge in [-0.25, -0.2) is 4.79 Å². The summed E-state index contributed by atoms with van der Waals surface area (Å²) in [6.45, 7) is 5.66. The Morgan fingerprint density at radius 3 is 2.60 bits per heavy atom. The molecule has 0 N–H and O–H groups in total. The summed E-state index contributed by atoms with van der Waals surface area (Å²) in [4.78, 5) is 24.3. The van der Waals surface area contributed by atoms with Gasteiger partial charge in [0.2, 0.25) is 0 Å². The molecular weight excluding hydrogens is 260 g/mol. The van der Waals surface area contributed by atoms with Crippen molar-refractivity contribution in [1.29, 1.82) is 5.26 Å². The van der Waals surface area contributed by atoms with Gasteiger partial charge in [0.1, 0.15) is 17.4 Å². The van der Waals surface area contributed by atoms with Crippen LogP contribution in [0.1, 0.15) is 29.5 Å². The molecule has 20 heavy (non-hydrogen) atoms.